The van der Waals surface area contributed by atoms with Crippen LogP contribution in [0.2, 0.25) is 0 Å². The molecule has 1 unspecified atom stereocenters. The lowest BCUT2D eigenvalue weighted by molar-refractivity contribution is -0.116. The number of anilines is 1. The van der Waals surface area contributed by atoms with Crippen LogP contribution in [0.3, 0.4) is 0 Å². The van der Waals surface area contributed by atoms with Crippen LogP contribution >= 0.6 is 0 Å². The summed E-state index contributed by atoms with van der Waals surface area (Å²) in [6.07, 6.45) is 1.18. The second kappa shape index (κ2) is 10.2. The molecule has 0 radical (unpaired) electrons. The summed E-state index contributed by atoms with van der Waals surface area (Å²) in [6.45, 7) is 1.41. The van der Waals surface area contributed by atoms with Gasteiger partial charge < -0.3 is 14.8 Å². The molecule has 0 fully saturated rings. The van der Waals surface area contributed by atoms with Crippen LogP contribution in [0.1, 0.15) is 34.7 Å². The molecule has 0 spiro atoms. The zero-order valence-electron chi connectivity index (χ0n) is 18.9. The molecule has 6 nitrogen and oxygen atoms in total. The average Bonchev–Trinajstić information content (AvgIpc) is 2.87. The number of para-hydroxylation sites is 1. The van der Waals surface area contributed by atoms with Gasteiger partial charge in [0.1, 0.15) is 6.07 Å². The molecule has 0 saturated heterocycles. The van der Waals surface area contributed by atoms with E-state index < -0.39 is 0 Å². The molecular formula is C27H27N3O3. The molecule has 1 aliphatic heterocycles. The van der Waals surface area contributed by atoms with E-state index in [0.29, 0.717) is 30.0 Å². The van der Waals surface area contributed by atoms with Crippen molar-refractivity contribution < 1.29 is 14.3 Å². The Morgan fingerprint density at radius 1 is 1.06 bits per heavy atom. The van der Waals surface area contributed by atoms with Gasteiger partial charge in [0.05, 0.1) is 31.5 Å². The molecule has 0 saturated carbocycles. The summed E-state index contributed by atoms with van der Waals surface area (Å²) >= 11 is 0. The zero-order chi connectivity index (χ0) is 23.2. The molecule has 6 heteroatoms. The lowest BCUT2D eigenvalue weighted by Crippen LogP contribution is -2.38. The molecule has 4 rings (SSSR count). The predicted octanol–water partition coefficient (Wildman–Crippen LogP) is 4.55. The van der Waals surface area contributed by atoms with Gasteiger partial charge in [-0.05, 0) is 47.4 Å². The van der Waals surface area contributed by atoms with E-state index in [1.165, 1.54) is 16.7 Å². The molecular weight excluding hydrogens is 414 g/mol. The molecule has 1 heterocycles. The van der Waals surface area contributed by atoms with Gasteiger partial charge in [-0.25, -0.2) is 0 Å². The van der Waals surface area contributed by atoms with E-state index in [9.17, 15) is 10.1 Å². The summed E-state index contributed by atoms with van der Waals surface area (Å²) in [5.74, 6) is 1.32. The number of rotatable bonds is 7. The molecule has 3 aromatic carbocycles. The van der Waals surface area contributed by atoms with Crippen LogP contribution in [0.5, 0.6) is 11.5 Å². The Kier molecular flexibility index (Phi) is 6.92. The van der Waals surface area contributed by atoms with Crippen LogP contribution < -0.4 is 14.8 Å². The summed E-state index contributed by atoms with van der Waals surface area (Å²) in [6, 6.07) is 23.6. The summed E-state index contributed by atoms with van der Waals surface area (Å²) < 4.78 is 11.1. The maximum absolute atomic E-state index is 12.7. The lowest BCUT2D eigenvalue weighted by atomic mass is 9.87. The van der Waals surface area contributed by atoms with Gasteiger partial charge in [0, 0.05) is 19.5 Å². The number of hydrogen-bond donors (Lipinski definition) is 1. The van der Waals surface area contributed by atoms with Crippen LogP contribution in [-0.2, 0) is 11.2 Å². The minimum Gasteiger partial charge on any atom is -0.493 e. The Hall–Kier alpha value is -3.82. The van der Waals surface area contributed by atoms with Gasteiger partial charge in [-0.2, -0.15) is 5.26 Å². The molecule has 1 N–H and O–H groups in total. The fourth-order valence-electron chi connectivity index (χ4n) is 4.41. The minimum absolute atomic E-state index is 0.00829. The van der Waals surface area contributed by atoms with Crippen molar-refractivity contribution in [2.75, 3.05) is 32.6 Å². The second-order valence-corrected chi connectivity index (χ2v) is 7.96. The van der Waals surface area contributed by atoms with E-state index in [4.69, 9.17) is 9.47 Å². The Balaban J connectivity index is 1.58. The Bertz CT molecular complexity index is 1170. The van der Waals surface area contributed by atoms with Crippen LogP contribution in [0.25, 0.3) is 0 Å². The number of carbonyl (C=O) groups excluding carboxylic acids is 1. The highest BCUT2D eigenvalue weighted by Crippen LogP contribution is 2.41. The van der Waals surface area contributed by atoms with Crippen molar-refractivity contribution in [3.8, 4) is 17.6 Å². The van der Waals surface area contributed by atoms with Gasteiger partial charge >= 0.3 is 0 Å². The fraction of sp³-hybridized carbons (Fsp3) is 0.259. The first-order chi connectivity index (χ1) is 16.1. The number of amides is 1. The zero-order valence-corrected chi connectivity index (χ0v) is 18.9. The number of nitrogens with one attached hydrogen (secondary N) is 1. The van der Waals surface area contributed by atoms with E-state index in [0.717, 1.165) is 18.7 Å². The smallest absolute Gasteiger partial charge is 0.225 e. The molecule has 1 aliphatic rings. The highest BCUT2D eigenvalue weighted by atomic mass is 16.5. The molecule has 168 valence electrons. The lowest BCUT2D eigenvalue weighted by Gasteiger charge is -2.38. The normalized spacial score (nSPS) is 15.2. The van der Waals surface area contributed by atoms with E-state index >= 15 is 0 Å². The summed E-state index contributed by atoms with van der Waals surface area (Å²) in [4.78, 5) is 15.0. The summed E-state index contributed by atoms with van der Waals surface area (Å²) in [7, 11) is 3.29. The predicted molar refractivity (Wildman–Crippen MR) is 128 cm³/mol. The van der Waals surface area contributed by atoms with Crippen molar-refractivity contribution in [3.63, 3.8) is 0 Å². The first kappa shape index (κ1) is 22.4. The molecule has 33 heavy (non-hydrogen) atoms. The van der Waals surface area contributed by atoms with E-state index in [1.807, 2.05) is 24.3 Å². The van der Waals surface area contributed by atoms with Crippen molar-refractivity contribution in [1.82, 2.24) is 4.90 Å². The van der Waals surface area contributed by atoms with Gasteiger partial charge in [-0.1, -0.05) is 42.5 Å². The van der Waals surface area contributed by atoms with Crippen LogP contribution in [0.15, 0.2) is 66.7 Å². The average molecular weight is 442 g/mol. The number of nitrogens with zero attached hydrogens (tertiary/aromatic N) is 2. The van der Waals surface area contributed by atoms with Crippen molar-refractivity contribution in [3.05, 3.63) is 89.0 Å². The van der Waals surface area contributed by atoms with Gasteiger partial charge in [-0.15, -0.1) is 0 Å². The number of carbonyl (C=O) groups is 1. The Morgan fingerprint density at radius 2 is 1.76 bits per heavy atom. The SMILES string of the molecule is COc1cc2c(cc1OC)C(c1ccccc1)N(CCC(=O)Nc1ccccc1C#N)CC2. The molecule has 0 bridgehead atoms. The molecule has 1 amide bonds. The van der Waals surface area contributed by atoms with Crippen LogP contribution in [-0.4, -0.2) is 38.1 Å². The first-order valence-corrected chi connectivity index (χ1v) is 11.0. The standard InChI is InChI=1S/C27H27N3O3/c1-32-24-16-20-12-14-30(15-13-26(31)29-23-11-7-6-10-21(23)18-28)27(19-8-4-3-5-9-19)22(20)17-25(24)33-2/h3-11,16-17,27H,12-15H2,1-2H3,(H,29,31). The van der Waals surface area contributed by atoms with Gasteiger partial charge in [0.2, 0.25) is 5.91 Å². The summed E-state index contributed by atoms with van der Waals surface area (Å²) in [5.41, 5.74) is 4.57. The number of benzene rings is 3. The highest BCUT2D eigenvalue weighted by Gasteiger charge is 2.30. The molecule has 0 aliphatic carbocycles. The van der Waals surface area contributed by atoms with Gasteiger partial charge in [0.25, 0.3) is 0 Å². The van der Waals surface area contributed by atoms with Gasteiger partial charge in [-0.3, -0.25) is 9.69 Å². The number of methoxy groups -OCH3 is 2. The third kappa shape index (κ3) is 4.84. The van der Waals surface area contributed by atoms with Gasteiger partial charge in [0.15, 0.2) is 11.5 Å². The van der Waals surface area contributed by atoms with E-state index in [2.05, 4.69) is 40.6 Å². The van der Waals surface area contributed by atoms with Crippen LogP contribution in [0, 0.1) is 11.3 Å². The minimum atomic E-state index is -0.109. The highest BCUT2D eigenvalue weighted by molar-refractivity contribution is 5.92. The molecule has 1 atom stereocenters. The second-order valence-electron chi connectivity index (χ2n) is 7.96. The summed E-state index contributed by atoms with van der Waals surface area (Å²) in [5, 5.41) is 12.2. The monoisotopic (exact) mass is 441 g/mol. The van der Waals surface area contributed by atoms with Crippen molar-refractivity contribution >= 4 is 11.6 Å². The maximum atomic E-state index is 12.7. The number of fused-ring (bicyclic) bond motifs is 1. The quantitative estimate of drug-likeness (QED) is 0.582. The third-order valence-electron chi connectivity index (χ3n) is 6.04. The fourth-order valence-corrected chi connectivity index (χ4v) is 4.41. The Morgan fingerprint density at radius 3 is 2.48 bits per heavy atom. The van der Waals surface area contributed by atoms with Crippen LogP contribution in [0.4, 0.5) is 5.69 Å². The largest absolute Gasteiger partial charge is 0.493 e. The van der Waals surface area contributed by atoms with Crippen molar-refractivity contribution in [1.29, 1.82) is 5.26 Å². The van der Waals surface area contributed by atoms with Crippen molar-refractivity contribution in [2.24, 2.45) is 0 Å². The number of nitriles is 1. The molecule has 0 aromatic heterocycles. The first-order valence-electron chi connectivity index (χ1n) is 11.0. The molecule has 3 aromatic rings. The number of ether oxygens (including phenoxy) is 2. The topological polar surface area (TPSA) is 74.6 Å². The van der Waals surface area contributed by atoms with E-state index in [1.54, 1.807) is 32.4 Å². The van der Waals surface area contributed by atoms with E-state index in [-0.39, 0.29) is 11.9 Å². The number of hydrogen-bond acceptors (Lipinski definition) is 5. The Labute approximate surface area is 194 Å². The maximum Gasteiger partial charge on any atom is 0.225 e. The third-order valence-corrected chi connectivity index (χ3v) is 6.04. The van der Waals surface area contributed by atoms with Crippen molar-refractivity contribution in [2.45, 2.75) is 18.9 Å².